The largest absolute Gasteiger partial charge is 0.377 e. The molecule has 0 fully saturated rings. The topological polar surface area (TPSA) is 18.5 Å². The highest BCUT2D eigenvalue weighted by Crippen LogP contribution is 2.11. The second-order valence-electron chi connectivity index (χ2n) is 6.44. The van der Waals surface area contributed by atoms with Crippen molar-refractivity contribution in [2.45, 2.75) is 70.8 Å². The van der Waals surface area contributed by atoms with E-state index in [9.17, 15) is 0 Å². The van der Waals surface area contributed by atoms with Crippen molar-refractivity contribution in [3.8, 4) is 0 Å². The third-order valence-electron chi connectivity index (χ3n) is 4.17. The summed E-state index contributed by atoms with van der Waals surface area (Å²) < 4.78 is 11.1. The molecule has 2 heteroatoms. The average molecular weight is 333 g/mol. The maximum Gasteiger partial charge on any atom is 0.0716 e. The maximum absolute atomic E-state index is 5.71. The van der Waals surface area contributed by atoms with Gasteiger partial charge in [0.05, 0.1) is 13.2 Å². The molecular formula is C22H36O2. The standard InChI is InChI=1S/C22H36O2/c1-2-18-23-19-14-9-7-5-3-4-6-8-10-15-20-24-21-22-16-12-11-13-17-22/h2,11-13,16-17H,1,3-10,14-15,18-21H2. The third-order valence-corrected chi connectivity index (χ3v) is 4.17. The van der Waals surface area contributed by atoms with E-state index in [1.165, 1.54) is 69.8 Å². The highest BCUT2D eigenvalue weighted by molar-refractivity contribution is 5.13. The minimum Gasteiger partial charge on any atom is -0.377 e. The Labute approximate surface area is 149 Å². The summed E-state index contributed by atoms with van der Waals surface area (Å²) in [5.41, 5.74) is 1.27. The van der Waals surface area contributed by atoms with Gasteiger partial charge in [0, 0.05) is 13.2 Å². The lowest BCUT2D eigenvalue weighted by molar-refractivity contribution is 0.116. The first-order chi connectivity index (χ1) is 11.9. The van der Waals surface area contributed by atoms with E-state index < -0.39 is 0 Å². The lowest BCUT2D eigenvalue weighted by Gasteiger charge is -2.05. The molecule has 0 aliphatic carbocycles. The van der Waals surface area contributed by atoms with Crippen LogP contribution >= 0.6 is 0 Å². The van der Waals surface area contributed by atoms with Gasteiger partial charge in [-0.25, -0.2) is 0 Å². The van der Waals surface area contributed by atoms with Crippen LogP contribution in [-0.2, 0) is 16.1 Å². The molecule has 0 amide bonds. The Kier molecular flexibility index (Phi) is 14.6. The van der Waals surface area contributed by atoms with Gasteiger partial charge < -0.3 is 9.47 Å². The second kappa shape index (κ2) is 16.7. The molecular weight excluding hydrogens is 296 g/mol. The van der Waals surface area contributed by atoms with E-state index in [0.717, 1.165) is 19.8 Å². The normalized spacial score (nSPS) is 10.8. The van der Waals surface area contributed by atoms with Gasteiger partial charge in [0.15, 0.2) is 0 Å². The zero-order valence-corrected chi connectivity index (χ0v) is 15.4. The van der Waals surface area contributed by atoms with Crippen molar-refractivity contribution in [3.63, 3.8) is 0 Å². The van der Waals surface area contributed by atoms with Crippen molar-refractivity contribution in [1.82, 2.24) is 0 Å². The number of unbranched alkanes of at least 4 members (excludes halogenated alkanes) is 9. The summed E-state index contributed by atoms with van der Waals surface area (Å²) in [6, 6.07) is 10.4. The summed E-state index contributed by atoms with van der Waals surface area (Å²) in [7, 11) is 0. The predicted molar refractivity (Wildman–Crippen MR) is 103 cm³/mol. The summed E-state index contributed by atoms with van der Waals surface area (Å²) in [5, 5.41) is 0. The molecule has 1 aromatic carbocycles. The van der Waals surface area contributed by atoms with E-state index in [4.69, 9.17) is 9.47 Å². The highest BCUT2D eigenvalue weighted by Gasteiger charge is 1.95. The van der Waals surface area contributed by atoms with Gasteiger partial charge in [-0.1, -0.05) is 87.8 Å². The Bertz CT molecular complexity index is 375. The van der Waals surface area contributed by atoms with Crippen molar-refractivity contribution in [1.29, 1.82) is 0 Å². The fourth-order valence-corrected chi connectivity index (χ4v) is 2.75. The molecule has 0 unspecified atom stereocenters. The fraction of sp³-hybridized carbons (Fsp3) is 0.636. The maximum atomic E-state index is 5.71. The summed E-state index contributed by atoms with van der Waals surface area (Å²) in [5.74, 6) is 0. The summed E-state index contributed by atoms with van der Waals surface area (Å²) in [6.45, 7) is 6.86. The van der Waals surface area contributed by atoms with Crippen LogP contribution in [0.1, 0.15) is 69.8 Å². The van der Waals surface area contributed by atoms with Crippen LogP contribution in [0.4, 0.5) is 0 Å². The van der Waals surface area contributed by atoms with Gasteiger partial charge in [-0.3, -0.25) is 0 Å². The minimum absolute atomic E-state index is 0.692. The van der Waals surface area contributed by atoms with Crippen molar-refractivity contribution in [3.05, 3.63) is 48.6 Å². The molecule has 0 aliphatic rings. The Morgan fingerprint density at radius 2 is 1.17 bits per heavy atom. The minimum atomic E-state index is 0.692. The van der Waals surface area contributed by atoms with Gasteiger partial charge in [0.25, 0.3) is 0 Å². The van der Waals surface area contributed by atoms with E-state index in [1.807, 2.05) is 12.1 Å². The second-order valence-corrected chi connectivity index (χ2v) is 6.44. The monoisotopic (exact) mass is 332 g/mol. The first kappa shape index (κ1) is 20.9. The molecule has 1 aromatic rings. The quantitative estimate of drug-likeness (QED) is 0.246. The molecule has 0 aliphatic heterocycles. The van der Waals surface area contributed by atoms with Gasteiger partial charge in [-0.05, 0) is 18.4 Å². The van der Waals surface area contributed by atoms with E-state index in [0.29, 0.717) is 6.61 Å². The van der Waals surface area contributed by atoms with E-state index in [-0.39, 0.29) is 0 Å². The van der Waals surface area contributed by atoms with Crippen LogP contribution < -0.4 is 0 Å². The molecule has 0 saturated heterocycles. The molecule has 0 atom stereocenters. The van der Waals surface area contributed by atoms with Crippen molar-refractivity contribution in [2.24, 2.45) is 0 Å². The van der Waals surface area contributed by atoms with Crippen LogP contribution in [-0.4, -0.2) is 19.8 Å². The van der Waals surface area contributed by atoms with Crippen LogP contribution in [0.2, 0.25) is 0 Å². The molecule has 0 N–H and O–H groups in total. The summed E-state index contributed by atoms with van der Waals surface area (Å²) in [4.78, 5) is 0. The summed E-state index contributed by atoms with van der Waals surface area (Å²) >= 11 is 0. The van der Waals surface area contributed by atoms with E-state index in [1.54, 1.807) is 0 Å². The van der Waals surface area contributed by atoms with Crippen LogP contribution in [0.15, 0.2) is 43.0 Å². The molecule has 0 spiro atoms. The van der Waals surface area contributed by atoms with Crippen molar-refractivity contribution in [2.75, 3.05) is 19.8 Å². The van der Waals surface area contributed by atoms with E-state index in [2.05, 4.69) is 30.8 Å². The van der Waals surface area contributed by atoms with E-state index >= 15 is 0 Å². The molecule has 2 nitrogen and oxygen atoms in total. The molecule has 136 valence electrons. The Balaban J connectivity index is 1.71. The lowest BCUT2D eigenvalue weighted by Crippen LogP contribution is -1.95. The van der Waals surface area contributed by atoms with Gasteiger partial charge in [-0.2, -0.15) is 0 Å². The number of hydrogen-bond donors (Lipinski definition) is 0. The Hall–Kier alpha value is -1.12. The van der Waals surface area contributed by atoms with Crippen LogP contribution in [0.25, 0.3) is 0 Å². The Morgan fingerprint density at radius 1 is 0.667 bits per heavy atom. The highest BCUT2D eigenvalue weighted by atomic mass is 16.5. The van der Waals surface area contributed by atoms with Gasteiger partial charge >= 0.3 is 0 Å². The average Bonchev–Trinajstić information content (AvgIpc) is 2.62. The lowest BCUT2D eigenvalue weighted by atomic mass is 10.1. The van der Waals surface area contributed by atoms with Gasteiger partial charge in [0.2, 0.25) is 0 Å². The molecule has 0 radical (unpaired) electrons. The first-order valence-electron chi connectivity index (χ1n) is 9.74. The zero-order valence-electron chi connectivity index (χ0n) is 15.4. The van der Waals surface area contributed by atoms with Crippen molar-refractivity contribution < 1.29 is 9.47 Å². The third kappa shape index (κ3) is 13.3. The Morgan fingerprint density at radius 3 is 1.71 bits per heavy atom. The van der Waals surface area contributed by atoms with Gasteiger partial charge in [-0.15, -0.1) is 6.58 Å². The number of hydrogen-bond acceptors (Lipinski definition) is 2. The number of rotatable bonds is 17. The summed E-state index contributed by atoms with van der Waals surface area (Å²) in [6.07, 6.45) is 15.0. The molecule has 0 aromatic heterocycles. The SMILES string of the molecule is C=CCOCCCCCCCCCCCCOCc1ccccc1. The number of benzene rings is 1. The smallest absolute Gasteiger partial charge is 0.0716 e. The van der Waals surface area contributed by atoms with Crippen LogP contribution in [0.3, 0.4) is 0 Å². The van der Waals surface area contributed by atoms with Crippen LogP contribution in [0, 0.1) is 0 Å². The molecule has 0 saturated carbocycles. The molecule has 24 heavy (non-hydrogen) atoms. The predicted octanol–water partition coefficient (Wildman–Crippen LogP) is 6.31. The molecule has 0 heterocycles. The number of ether oxygens (including phenoxy) is 2. The first-order valence-corrected chi connectivity index (χ1v) is 9.74. The zero-order chi connectivity index (χ0) is 17.1. The molecule has 1 rings (SSSR count). The molecule has 0 bridgehead atoms. The fourth-order valence-electron chi connectivity index (χ4n) is 2.75. The van der Waals surface area contributed by atoms with Crippen LogP contribution in [0.5, 0.6) is 0 Å². The van der Waals surface area contributed by atoms with Gasteiger partial charge in [0.1, 0.15) is 0 Å². The van der Waals surface area contributed by atoms with Crippen molar-refractivity contribution >= 4 is 0 Å².